The Hall–Kier alpha value is -1.48. The minimum atomic E-state index is -1.28. The topological polar surface area (TPSA) is 54.4 Å². The molecule has 0 aliphatic heterocycles. The summed E-state index contributed by atoms with van der Waals surface area (Å²) < 4.78 is 0. The van der Waals surface area contributed by atoms with E-state index in [0.717, 1.165) is 5.57 Å². The van der Waals surface area contributed by atoms with E-state index in [1.165, 1.54) is 6.08 Å². The molecule has 2 atom stereocenters. The zero-order valence-corrected chi connectivity index (χ0v) is 10.8. The summed E-state index contributed by atoms with van der Waals surface area (Å²) in [5.74, 6) is -0.171. The summed E-state index contributed by atoms with van der Waals surface area (Å²) in [6.07, 6.45) is 3.52. The molecule has 94 valence electrons. The maximum Gasteiger partial charge on any atom is 0.182 e. The van der Waals surface area contributed by atoms with Crippen LogP contribution in [0.15, 0.2) is 35.5 Å². The summed E-state index contributed by atoms with van der Waals surface area (Å²) in [7, 11) is 0. The van der Waals surface area contributed by atoms with Gasteiger partial charge >= 0.3 is 0 Å². The highest BCUT2D eigenvalue weighted by Gasteiger charge is 2.67. The third-order valence-corrected chi connectivity index (χ3v) is 4.89. The second-order valence-corrected chi connectivity index (χ2v) is 6.38. The van der Waals surface area contributed by atoms with Crippen molar-refractivity contribution in [3.05, 3.63) is 35.5 Å². The fourth-order valence-electron chi connectivity index (χ4n) is 3.62. The fourth-order valence-corrected chi connectivity index (χ4v) is 3.62. The molecule has 0 bridgehead atoms. The quantitative estimate of drug-likeness (QED) is 0.660. The Bertz CT molecular complexity index is 591. The molecule has 0 aromatic carbocycles. The molecule has 0 amide bonds. The number of carbonyl (C=O) groups excluding carboxylic acids is 2. The molecule has 0 spiro atoms. The highest BCUT2D eigenvalue weighted by atomic mass is 16.3. The van der Waals surface area contributed by atoms with Crippen molar-refractivity contribution in [1.82, 2.24) is 0 Å². The maximum atomic E-state index is 12.3. The lowest BCUT2D eigenvalue weighted by atomic mass is 9.67. The Morgan fingerprint density at radius 3 is 2.44 bits per heavy atom. The normalized spacial score (nSPS) is 40.8. The molecular formula is C15H16O3. The van der Waals surface area contributed by atoms with Gasteiger partial charge in [0.25, 0.3) is 0 Å². The summed E-state index contributed by atoms with van der Waals surface area (Å²) in [6, 6.07) is 0. The molecular weight excluding hydrogens is 228 g/mol. The summed E-state index contributed by atoms with van der Waals surface area (Å²) in [6.45, 7) is 9.30. The van der Waals surface area contributed by atoms with Gasteiger partial charge in [0.05, 0.1) is 5.41 Å². The van der Waals surface area contributed by atoms with E-state index in [0.29, 0.717) is 17.6 Å². The van der Waals surface area contributed by atoms with E-state index in [4.69, 9.17) is 0 Å². The molecule has 1 fully saturated rings. The molecule has 1 N–H and O–H groups in total. The van der Waals surface area contributed by atoms with E-state index >= 15 is 0 Å². The number of carbonyl (C=O) groups is 2. The number of hydrogen-bond donors (Lipinski definition) is 1. The van der Waals surface area contributed by atoms with Crippen molar-refractivity contribution < 1.29 is 14.7 Å². The Labute approximate surface area is 106 Å². The van der Waals surface area contributed by atoms with Crippen LogP contribution in [-0.4, -0.2) is 22.3 Å². The van der Waals surface area contributed by atoms with Gasteiger partial charge in [0.15, 0.2) is 11.6 Å². The average molecular weight is 244 g/mol. The lowest BCUT2D eigenvalue weighted by Crippen LogP contribution is -2.44. The zero-order valence-electron chi connectivity index (χ0n) is 10.8. The van der Waals surface area contributed by atoms with Crippen molar-refractivity contribution in [1.29, 1.82) is 0 Å². The average Bonchev–Trinajstić information content (AvgIpc) is 2.68. The molecule has 0 heterocycles. The summed E-state index contributed by atoms with van der Waals surface area (Å²) in [4.78, 5) is 24.1. The van der Waals surface area contributed by atoms with Crippen LogP contribution in [0.4, 0.5) is 0 Å². The first-order chi connectivity index (χ1) is 8.14. The molecule has 0 aromatic heterocycles. The van der Waals surface area contributed by atoms with E-state index < -0.39 is 16.4 Å². The Morgan fingerprint density at radius 1 is 1.22 bits per heavy atom. The van der Waals surface area contributed by atoms with Crippen molar-refractivity contribution in [2.75, 3.05) is 0 Å². The lowest BCUT2D eigenvalue weighted by Gasteiger charge is -2.38. The SMILES string of the molecule is C=C1C(=O)C=C2C=C3C(=O)C(C)(C)C[C@]3(O)C12C. The summed E-state index contributed by atoms with van der Waals surface area (Å²) >= 11 is 0. The van der Waals surface area contributed by atoms with Crippen LogP contribution in [0.25, 0.3) is 0 Å². The van der Waals surface area contributed by atoms with E-state index in [9.17, 15) is 14.7 Å². The van der Waals surface area contributed by atoms with Gasteiger partial charge in [-0.2, -0.15) is 0 Å². The third-order valence-electron chi connectivity index (χ3n) is 4.89. The molecule has 3 nitrogen and oxygen atoms in total. The molecule has 3 aliphatic carbocycles. The second-order valence-electron chi connectivity index (χ2n) is 6.38. The minimum Gasteiger partial charge on any atom is -0.384 e. The van der Waals surface area contributed by atoms with Gasteiger partial charge in [0.2, 0.25) is 0 Å². The van der Waals surface area contributed by atoms with Gasteiger partial charge in [0, 0.05) is 16.6 Å². The van der Waals surface area contributed by atoms with Gasteiger partial charge in [-0.15, -0.1) is 0 Å². The number of ketones is 2. The number of rotatable bonds is 0. The first-order valence-corrected chi connectivity index (χ1v) is 6.10. The standard InChI is InChI=1S/C15H16O3/c1-8-11(16)6-9-5-10-12(17)13(2,3)7-15(10,18)14(8,9)4/h5-6,18H,1,7H2,2-4H3/t14?,15-/m1/s1. The molecule has 0 saturated heterocycles. The van der Waals surface area contributed by atoms with E-state index in [1.54, 1.807) is 6.08 Å². The Balaban J connectivity index is 2.27. The lowest BCUT2D eigenvalue weighted by molar-refractivity contribution is -0.121. The summed E-state index contributed by atoms with van der Waals surface area (Å²) in [5, 5.41) is 11.0. The number of aliphatic hydroxyl groups is 1. The van der Waals surface area contributed by atoms with Gasteiger partial charge in [0.1, 0.15) is 5.60 Å². The Morgan fingerprint density at radius 2 is 1.83 bits per heavy atom. The third kappa shape index (κ3) is 0.927. The molecule has 3 heteroatoms. The van der Waals surface area contributed by atoms with E-state index in [1.807, 2.05) is 20.8 Å². The molecule has 3 aliphatic rings. The molecule has 0 aromatic rings. The number of hydrogen-bond acceptors (Lipinski definition) is 3. The molecule has 3 rings (SSSR count). The van der Waals surface area contributed by atoms with Crippen LogP contribution >= 0.6 is 0 Å². The smallest absolute Gasteiger partial charge is 0.182 e. The predicted octanol–water partition coefficient (Wildman–Crippen LogP) is 1.73. The highest BCUT2D eigenvalue weighted by molar-refractivity contribution is 6.14. The number of Topliss-reactive ketones (excluding diaryl/α,β-unsaturated/α-hetero) is 1. The largest absolute Gasteiger partial charge is 0.384 e. The van der Waals surface area contributed by atoms with E-state index in [2.05, 4.69) is 6.58 Å². The van der Waals surface area contributed by atoms with Crippen LogP contribution in [0.5, 0.6) is 0 Å². The van der Waals surface area contributed by atoms with Crippen molar-refractivity contribution in [3.8, 4) is 0 Å². The first kappa shape index (κ1) is 11.6. The Kier molecular flexibility index (Phi) is 1.77. The van der Waals surface area contributed by atoms with Crippen molar-refractivity contribution in [2.45, 2.75) is 32.8 Å². The van der Waals surface area contributed by atoms with Crippen LogP contribution in [-0.2, 0) is 9.59 Å². The van der Waals surface area contributed by atoms with Crippen LogP contribution in [0, 0.1) is 10.8 Å². The van der Waals surface area contributed by atoms with Crippen LogP contribution in [0.3, 0.4) is 0 Å². The molecule has 1 saturated carbocycles. The molecule has 0 radical (unpaired) electrons. The second kappa shape index (κ2) is 2.75. The van der Waals surface area contributed by atoms with Crippen molar-refractivity contribution >= 4 is 11.6 Å². The van der Waals surface area contributed by atoms with Crippen LogP contribution < -0.4 is 0 Å². The highest BCUT2D eigenvalue weighted by Crippen LogP contribution is 2.64. The van der Waals surface area contributed by atoms with Crippen LogP contribution in [0.1, 0.15) is 27.2 Å². The van der Waals surface area contributed by atoms with Gasteiger partial charge in [-0.3, -0.25) is 9.59 Å². The molecule has 1 unspecified atom stereocenters. The fraction of sp³-hybridized carbons (Fsp3) is 0.467. The van der Waals surface area contributed by atoms with Crippen molar-refractivity contribution in [3.63, 3.8) is 0 Å². The van der Waals surface area contributed by atoms with Gasteiger partial charge in [-0.1, -0.05) is 20.4 Å². The van der Waals surface area contributed by atoms with Gasteiger partial charge in [-0.25, -0.2) is 0 Å². The zero-order chi connectivity index (χ0) is 13.5. The predicted molar refractivity (Wildman–Crippen MR) is 66.8 cm³/mol. The van der Waals surface area contributed by atoms with Gasteiger partial charge < -0.3 is 5.11 Å². The summed E-state index contributed by atoms with van der Waals surface area (Å²) in [5.41, 5.74) is -1.14. The van der Waals surface area contributed by atoms with Crippen molar-refractivity contribution in [2.24, 2.45) is 10.8 Å². The first-order valence-electron chi connectivity index (χ1n) is 6.10. The minimum absolute atomic E-state index is 0.0261. The monoisotopic (exact) mass is 244 g/mol. The maximum absolute atomic E-state index is 12.3. The number of fused-ring (bicyclic) bond motifs is 3. The number of allylic oxidation sites excluding steroid dienone is 2. The molecule has 18 heavy (non-hydrogen) atoms. The van der Waals surface area contributed by atoms with Gasteiger partial charge in [-0.05, 0) is 31.1 Å². The van der Waals surface area contributed by atoms with Crippen LogP contribution in [0.2, 0.25) is 0 Å². The van der Waals surface area contributed by atoms with E-state index in [-0.39, 0.29) is 11.6 Å².